The van der Waals surface area contributed by atoms with Gasteiger partial charge >= 0.3 is 17.9 Å². The molecular formula is C17H20N2O8S. The van der Waals surface area contributed by atoms with Crippen molar-refractivity contribution in [2.45, 2.75) is 45.3 Å². The SMILES string of the molecule is CC(=O)OC[C@H]1O[C@@H](n2cccc(C(N)=S)c2=O)[C@H](OC(C)=O)[C@@H]1OC(C)=O. The van der Waals surface area contributed by atoms with Gasteiger partial charge in [-0.1, -0.05) is 12.2 Å². The van der Waals surface area contributed by atoms with Gasteiger partial charge < -0.3 is 24.7 Å². The number of pyridine rings is 1. The summed E-state index contributed by atoms with van der Waals surface area (Å²) in [6.07, 6.45) is -3.00. The molecule has 11 heteroatoms. The fourth-order valence-corrected chi connectivity index (χ4v) is 2.97. The fourth-order valence-electron chi connectivity index (χ4n) is 2.81. The van der Waals surface area contributed by atoms with Gasteiger partial charge in [-0.05, 0) is 12.1 Å². The first-order valence-electron chi connectivity index (χ1n) is 8.26. The summed E-state index contributed by atoms with van der Waals surface area (Å²) < 4.78 is 22.4. The summed E-state index contributed by atoms with van der Waals surface area (Å²) in [5.74, 6) is -1.92. The van der Waals surface area contributed by atoms with Crippen LogP contribution in [-0.4, -0.2) is 52.4 Å². The van der Waals surface area contributed by atoms with E-state index >= 15 is 0 Å². The van der Waals surface area contributed by atoms with Gasteiger partial charge in [-0.25, -0.2) is 0 Å². The molecule has 28 heavy (non-hydrogen) atoms. The number of hydrogen-bond acceptors (Lipinski definition) is 9. The van der Waals surface area contributed by atoms with Gasteiger partial charge in [0.2, 0.25) is 0 Å². The quantitative estimate of drug-likeness (QED) is 0.380. The minimum atomic E-state index is -1.17. The topological polar surface area (TPSA) is 136 Å². The van der Waals surface area contributed by atoms with Gasteiger partial charge in [0.25, 0.3) is 5.56 Å². The van der Waals surface area contributed by atoms with Crippen LogP contribution < -0.4 is 11.3 Å². The third-order valence-corrected chi connectivity index (χ3v) is 4.07. The van der Waals surface area contributed by atoms with Gasteiger partial charge in [-0.3, -0.25) is 23.7 Å². The summed E-state index contributed by atoms with van der Waals surface area (Å²) in [6.45, 7) is 3.26. The summed E-state index contributed by atoms with van der Waals surface area (Å²) in [4.78, 5) is 46.9. The highest BCUT2D eigenvalue weighted by atomic mass is 32.1. The second kappa shape index (κ2) is 8.93. The number of nitrogens with zero attached hydrogens (tertiary/aromatic N) is 1. The molecule has 0 saturated carbocycles. The average Bonchev–Trinajstić information content (AvgIpc) is 2.89. The molecule has 1 aromatic heterocycles. The molecule has 0 unspecified atom stereocenters. The summed E-state index contributed by atoms with van der Waals surface area (Å²) in [5, 5.41) is 0. The van der Waals surface area contributed by atoms with Crippen LogP contribution >= 0.6 is 12.2 Å². The first kappa shape index (κ1) is 21.5. The van der Waals surface area contributed by atoms with Gasteiger partial charge in [-0.2, -0.15) is 0 Å². The van der Waals surface area contributed by atoms with Gasteiger partial charge in [-0.15, -0.1) is 0 Å². The molecule has 2 heterocycles. The Labute approximate surface area is 165 Å². The summed E-state index contributed by atoms with van der Waals surface area (Å²) >= 11 is 4.87. The smallest absolute Gasteiger partial charge is 0.303 e. The molecule has 2 N–H and O–H groups in total. The molecule has 0 amide bonds. The standard InChI is InChI=1S/C17H20N2O8S/c1-8(20)24-7-12-13(25-9(2)21)14(26-10(3)22)17(27-12)19-6-4-5-11(15(18)28)16(19)23/h4-6,12-14,17H,7H2,1-3H3,(H2,18,28)/t12-,13-,14-,17-/m1/s1. The Hall–Kier alpha value is -2.79. The molecule has 1 aliphatic rings. The van der Waals surface area contributed by atoms with Crippen molar-refractivity contribution in [1.29, 1.82) is 0 Å². The molecule has 1 aromatic rings. The number of ether oxygens (including phenoxy) is 4. The molecule has 10 nitrogen and oxygen atoms in total. The van der Waals surface area contributed by atoms with Crippen molar-refractivity contribution >= 4 is 35.1 Å². The van der Waals surface area contributed by atoms with Crippen LogP contribution in [0.25, 0.3) is 0 Å². The number of esters is 3. The molecule has 1 aliphatic heterocycles. The lowest BCUT2D eigenvalue weighted by Gasteiger charge is -2.24. The van der Waals surface area contributed by atoms with Gasteiger partial charge in [0.1, 0.15) is 17.7 Å². The maximum absolute atomic E-state index is 12.7. The molecule has 1 fully saturated rings. The van der Waals surface area contributed by atoms with Crippen LogP contribution in [0.3, 0.4) is 0 Å². The van der Waals surface area contributed by atoms with E-state index in [1.165, 1.54) is 32.2 Å². The van der Waals surface area contributed by atoms with E-state index in [4.69, 9.17) is 36.9 Å². The molecule has 0 aromatic carbocycles. The maximum Gasteiger partial charge on any atom is 0.303 e. The van der Waals surface area contributed by atoms with Crippen molar-refractivity contribution in [3.05, 3.63) is 34.2 Å². The molecule has 0 aliphatic carbocycles. The zero-order valence-corrected chi connectivity index (χ0v) is 16.3. The minimum Gasteiger partial charge on any atom is -0.463 e. The first-order chi connectivity index (χ1) is 13.1. The molecular weight excluding hydrogens is 392 g/mol. The molecule has 1 saturated heterocycles. The Bertz CT molecular complexity index is 852. The van der Waals surface area contributed by atoms with Crippen LogP contribution in [0.5, 0.6) is 0 Å². The maximum atomic E-state index is 12.7. The molecule has 4 atom stereocenters. The van der Waals surface area contributed by atoms with Crippen molar-refractivity contribution in [3.63, 3.8) is 0 Å². The lowest BCUT2D eigenvalue weighted by atomic mass is 10.1. The van der Waals surface area contributed by atoms with E-state index in [2.05, 4.69) is 0 Å². The third-order valence-electron chi connectivity index (χ3n) is 3.85. The number of carbonyl (C=O) groups is 3. The van der Waals surface area contributed by atoms with Crippen molar-refractivity contribution in [3.8, 4) is 0 Å². The Balaban J connectivity index is 2.48. The van der Waals surface area contributed by atoms with Crippen molar-refractivity contribution in [2.75, 3.05) is 6.61 Å². The predicted molar refractivity (Wildman–Crippen MR) is 98.2 cm³/mol. The average molecular weight is 412 g/mol. The first-order valence-corrected chi connectivity index (χ1v) is 8.66. The van der Waals surface area contributed by atoms with Crippen molar-refractivity contribution < 1.29 is 33.3 Å². The predicted octanol–water partition coefficient (Wildman–Crippen LogP) is -0.194. The van der Waals surface area contributed by atoms with E-state index < -0.39 is 48.0 Å². The van der Waals surface area contributed by atoms with E-state index in [9.17, 15) is 19.2 Å². The number of hydrogen-bond donors (Lipinski definition) is 1. The highest BCUT2D eigenvalue weighted by molar-refractivity contribution is 7.80. The second-order valence-electron chi connectivity index (χ2n) is 6.01. The fraction of sp³-hybridized carbons (Fsp3) is 0.471. The largest absolute Gasteiger partial charge is 0.463 e. The van der Waals surface area contributed by atoms with Crippen molar-refractivity contribution in [1.82, 2.24) is 4.57 Å². The highest BCUT2D eigenvalue weighted by Gasteiger charge is 2.50. The number of carbonyl (C=O) groups excluding carboxylic acids is 3. The normalized spacial score (nSPS) is 23.7. The van der Waals surface area contributed by atoms with Crippen LogP contribution in [-0.2, 0) is 33.3 Å². The second-order valence-corrected chi connectivity index (χ2v) is 6.45. The molecule has 0 spiro atoms. The number of nitrogens with two attached hydrogens (primary N) is 1. The monoisotopic (exact) mass is 412 g/mol. The molecule has 0 bridgehead atoms. The van der Waals surface area contributed by atoms with Crippen molar-refractivity contribution in [2.24, 2.45) is 5.73 Å². The summed E-state index contributed by atoms with van der Waals surface area (Å²) in [5.41, 5.74) is 5.05. The zero-order valence-electron chi connectivity index (χ0n) is 15.4. The lowest BCUT2D eigenvalue weighted by Crippen LogP contribution is -2.42. The Morgan fingerprint density at radius 1 is 1.14 bits per heavy atom. The molecule has 152 valence electrons. The van der Waals surface area contributed by atoms with E-state index in [1.807, 2.05) is 0 Å². The Kier molecular flexibility index (Phi) is 6.86. The van der Waals surface area contributed by atoms with Crippen LogP contribution in [0.4, 0.5) is 0 Å². The van der Waals surface area contributed by atoms with Crippen LogP contribution in [0, 0.1) is 0 Å². The lowest BCUT2D eigenvalue weighted by molar-refractivity contribution is -0.166. The van der Waals surface area contributed by atoms with Crippen LogP contribution in [0.1, 0.15) is 32.6 Å². The zero-order chi connectivity index (χ0) is 21.0. The minimum absolute atomic E-state index is 0.0650. The third kappa shape index (κ3) is 4.93. The summed E-state index contributed by atoms with van der Waals surface area (Å²) in [6, 6.07) is 2.96. The number of thiocarbonyl (C=S) groups is 1. The molecule has 2 rings (SSSR count). The van der Waals surface area contributed by atoms with Gasteiger partial charge in [0, 0.05) is 27.0 Å². The molecule has 0 radical (unpaired) electrons. The van der Waals surface area contributed by atoms with Gasteiger partial charge in [0.15, 0.2) is 18.4 Å². The van der Waals surface area contributed by atoms with Gasteiger partial charge in [0.05, 0.1) is 5.56 Å². The highest BCUT2D eigenvalue weighted by Crippen LogP contribution is 2.33. The van der Waals surface area contributed by atoms with Crippen LogP contribution in [0.2, 0.25) is 0 Å². The van der Waals surface area contributed by atoms with E-state index in [0.717, 1.165) is 11.5 Å². The number of aromatic nitrogens is 1. The van der Waals surface area contributed by atoms with E-state index in [0.29, 0.717) is 0 Å². The Morgan fingerprint density at radius 2 is 1.75 bits per heavy atom. The van der Waals surface area contributed by atoms with Crippen LogP contribution in [0.15, 0.2) is 23.1 Å². The van der Waals surface area contributed by atoms with E-state index in [1.54, 1.807) is 0 Å². The van der Waals surface area contributed by atoms with E-state index in [-0.39, 0.29) is 17.2 Å². The number of rotatable bonds is 6. The summed E-state index contributed by atoms with van der Waals surface area (Å²) in [7, 11) is 0. The Morgan fingerprint density at radius 3 is 2.29 bits per heavy atom.